The van der Waals surface area contributed by atoms with Crippen molar-refractivity contribution in [3.63, 3.8) is 0 Å². The van der Waals surface area contributed by atoms with Gasteiger partial charge in [0, 0.05) is 11.1 Å². The number of amides is 1. The zero-order chi connectivity index (χ0) is 13.0. The van der Waals surface area contributed by atoms with E-state index < -0.39 is 0 Å². The van der Waals surface area contributed by atoms with E-state index in [0.717, 1.165) is 16.3 Å². The van der Waals surface area contributed by atoms with Crippen molar-refractivity contribution < 1.29 is 4.79 Å². The van der Waals surface area contributed by atoms with Crippen LogP contribution in [0.2, 0.25) is 0 Å². The molecule has 18 heavy (non-hydrogen) atoms. The molecule has 0 spiro atoms. The van der Waals surface area contributed by atoms with Crippen LogP contribution in [-0.4, -0.2) is 10.9 Å². The lowest BCUT2D eigenvalue weighted by molar-refractivity contribution is -0.121. The number of carbonyl (C=O) groups is 1. The van der Waals surface area contributed by atoms with Crippen LogP contribution in [0.3, 0.4) is 0 Å². The first-order valence-electron chi connectivity index (χ1n) is 5.90. The van der Waals surface area contributed by atoms with Gasteiger partial charge < -0.3 is 5.32 Å². The topological polar surface area (TPSA) is 42.0 Å². The number of nitrogens with one attached hydrogen (secondary N) is 1. The van der Waals surface area contributed by atoms with E-state index in [4.69, 9.17) is 0 Å². The average Bonchev–Trinajstić information content (AvgIpc) is 2.75. The highest BCUT2D eigenvalue weighted by Crippen LogP contribution is 2.13. The van der Waals surface area contributed by atoms with Gasteiger partial charge in [-0.3, -0.25) is 4.79 Å². The summed E-state index contributed by atoms with van der Waals surface area (Å²) in [4.78, 5) is 16.1. The van der Waals surface area contributed by atoms with Crippen LogP contribution in [0, 0.1) is 6.92 Å². The Labute approximate surface area is 111 Å². The van der Waals surface area contributed by atoms with E-state index in [1.165, 1.54) is 11.3 Å². The van der Waals surface area contributed by atoms with Crippen LogP contribution in [0.5, 0.6) is 0 Å². The maximum atomic E-state index is 11.9. The standard InChI is InChI=1S/C14H16N2OS/c1-10-9-18-14(15-10)8-13(17)16-11(2)12-6-4-3-5-7-12/h3-7,9,11H,8H2,1-2H3,(H,16,17). The molecule has 0 radical (unpaired) electrons. The van der Waals surface area contributed by atoms with Crippen molar-refractivity contribution in [2.75, 3.05) is 0 Å². The van der Waals surface area contributed by atoms with Crippen LogP contribution in [0.15, 0.2) is 35.7 Å². The third-order valence-electron chi connectivity index (χ3n) is 2.66. The van der Waals surface area contributed by atoms with Crippen LogP contribution in [-0.2, 0) is 11.2 Å². The molecule has 1 N–H and O–H groups in total. The van der Waals surface area contributed by atoms with Gasteiger partial charge in [-0.2, -0.15) is 0 Å². The fourth-order valence-corrected chi connectivity index (χ4v) is 2.51. The van der Waals surface area contributed by atoms with Crippen LogP contribution >= 0.6 is 11.3 Å². The van der Waals surface area contributed by atoms with Gasteiger partial charge in [-0.1, -0.05) is 30.3 Å². The van der Waals surface area contributed by atoms with Gasteiger partial charge in [-0.05, 0) is 19.4 Å². The van der Waals surface area contributed by atoms with Crippen molar-refractivity contribution in [3.8, 4) is 0 Å². The number of aromatic nitrogens is 1. The molecule has 2 aromatic rings. The van der Waals surface area contributed by atoms with E-state index in [2.05, 4.69) is 10.3 Å². The predicted molar refractivity (Wildman–Crippen MR) is 73.6 cm³/mol. The first-order valence-corrected chi connectivity index (χ1v) is 6.78. The molecular formula is C14H16N2OS. The summed E-state index contributed by atoms with van der Waals surface area (Å²) in [6.45, 7) is 3.92. The Hall–Kier alpha value is -1.68. The maximum absolute atomic E-state index is 11.9. The molecule has 1 unspecified atom stereocenters. The normalized spacial score (nSPS) is 12.1. The summed E-state index contributed by atoms with van der Waals surface area (Å²) in [7, 11) is 0. The number of rotatable bonds is 4. The summed E-state index contributed by atoms with van der Waals surface area (Å²) in [6, 6.07) is 9.97. The number of hydrogen-bond donors (Lipinski definition) is 1. The fourth-order valence-electron chi connectivity index (χ4n) is 1.74. The zero-order valence-electron chi connectivity index (χ0n) is 10.5. The van der Waals surface area contributed by atoms with Crippen molar-refractivity contribution in [3.05, 3.63) is 52.0 Å². The van der Waals surface area contributed by atoms with Gasteiger partial charge in [0.25, 0.3) is 0 Å². The maximum Gasteiger partial charge on any atom is 0.227 e. The summed E-state index contributed by atoms with van der Waals surface area (Å²) in [6.07, 6.45) is 0.357. The Kier molecular flexibility index (Phi) is 4.10. The third kappa shape index (κ3) is 3.40. The van der Waals surface area contributed by atoms with Crippen molar-refractivity contribution >= 4 is 17.2 Å². The quantitative estimate of drug-likeness (QED) is 0.918. The van der Waals surface area contributed by atoms with Gasteiger partial charge in [0.1, 0.15) is 5.01 Å². The SMILES string of the molecule is Cc1csc(CC(=O)NC(C)c2ccccc2)n1. The minimum atomic E-state index is 0.0145. The van der Waals surface area contributed by atoms with Crippen molar-refractivity contribution in [1.29, 1.82) is 0 Å². The zero-order valence-corrected chi connectivity index (χ0v) is 11.3. The molecule has 94 valence electrons. The molecule has 0 bridgehead atoms. The Balaban J connectivity index is 1.92. The largest absolute Gasteiger partial charge is 0.349 e. The minimum absolute atomic E-state index is 0.0145. The average molecular weight is 260 g/mol. The van der Waals surface area contributed by atoms with Crippen LogP contribution in [0.4, 0.5) is 0 Å². The molecule has 0 aliphatic rings. The second-order valence-corrected chi connectivity index (χ2v) is 5.20. The molecule has 1 atom stereocenters. The molecule has 1 aromatic heterocycles. The van der Waals surface area contributed by atoms with E-state index in [0.29, 0.717) is 6.42 Å². The molecule has 0 saturated heterocycles. The molecule has 0 aliphatic heterocycles. The molecular weight excluding hydrogens is 244 g/mol. The monoisotopic (exact) mass is 260 g/mol. The Morgan fingerprint density at radius 3 is 2.72 bits per heavy atom. The lowest BCUT2D eigenvalue weighted by Crippen LogP contribution is -2.28. The van der Waals surface area contributed by atoms with Crippen molar-refractivity contribution in [2.24, 2.45) is 0 Å². The number of carbonyl (C=O) groups excluding carboxylic acids is 1. The summed E-state index contributed by atoms with van der Waals surface area (Å²) in [5, 5.41) is 5.81. The molecule has 1 heterocycles. The number of thiazole rings is 1. The number of nitrogens with zero attached hydrogens (tertiary/aromatic N) is 1. The smallest absolute Gasteiger partial charge is 0.227 e. The Morgan fingerprint density at radius 1 is 1.39 bits per heavy atom. The molecule has 1 aromatic carbocycles. The van der Waals surface area contributed by atoms with E-state index in [1.54, 1.807) is 0 Å². The highest BCUT2D eigenvalue weighted by Gasteiger charge is 2.11. The van der Waals surface area contributed by atoms with Crippen LogP contribution in [0.1, 0.15) is 29.2 Å². The van der Waals surface area contributed by atoms with Gasteiger partial charge in [-0.25, -0.2) is 4.98 Å². The van der Waals surface area contributed by atoms with Gasteiger partial charge in [-0.15, -0.1) is 11.3 Å². The molecule has 0 fully saturated rings. The van der Waals surface area contributed by atoms with Gasteiger partial charge >= 0.3 is 0 Å². The predicted octanol–water partition coefficient (Wildman–Crippen LogP) is 2.87. The highest BCUT2D eigenvalue weighted by atomic mass is 32.1. The Morgan fingerprint density at radius 2 is 2.11 bits per heavy atom. The first kappa shape index (κ1) is 12.8. The van der Waals surface area contributed by atoms with E-state index in [-0.39, 0.29) is 11.9 Å². The van der Waals surface area contributed by atoms with E-state index in [9.17, 15) is 4.79 Å². The van der Waals surface area contributed by atoms with Crippen LogP contribution in [0.25, 0.3) is 0 Å². The fraction of sp³-hybridized carbons (Fsp3) is 0.286. The highest BCUT2D eigenvalue weighted by molar-refractivity contribution is 7.09. The second kappa shape index (κ2) is 5.78. The van der Waals surface area contributed by atoms with Crippen LogP contribution < -0.4 is 5.32 Å². The number of benzene rings is 1. The van der Waals surface area contributed by atoms with E-state index >= 15 is 0 Å². The molecule has 2 rings (SSSR count). The van der Waals surface area contributed by atoms with Gasteiger partial charge in [0.15, 0.2) is 0 Å². The van der Waals surface area contributed by atoms with Crippen molar-refractivity contribution in [2.45, 2.75) is 26.3 Å². The van der Waals surface area contributed by atoms with Gasteiger partial charge in [0.05, 0.1) is 12.5 Å². The molecule has 0 saturated carbocycles. The molecule has 4 heteroatoms. The van der Waals surface area contributed by atoms with Gasteiger partial charge in [0.2, 0.25) is 5.91 Å². The third-order valence-corrected chi connectivity index (χ3v) is 3.62. The van der Waals surface area contributed by atoms with Crippen molar-refractivity contribution in [1.82, 2.24) is 10.3 Å². The molecule has 0 aliphatic carbocycles. The minimum Gasteiger partial charge on any atom is -0.349 e. The lowest BCUT2D eigenvalue weighted by Gasteiger charge is -2.13. The molecule has 1 amide bonds. The molecule has 3 nitrogen and oxygen atoms in total. The summed E-state index contributed by atoms with van der Waals surface area (Å²) in [5.41, 5.74) is 2.08. The first-order chi connectivity index (χ1) is 8.65. The second-order valence-electron chi connectivity index (χ2n) is 4.26. The Bertz CT molecular complexity index is 522. The summed E-state index contributed by atoms with van der Waals surface area (Å²) in [5.74, 6) is 0.0145. The number of aryl methyl sites for hydroxylation is 1. The summed E-state index contributed by atoms with van der Waals surface area (Å²) < 4.78 is 0. The lowest BCUT2D eigenvalue weighted by atomic mass is 10.1. The summed E-state index contributed by atoms with van der Waals surface area (Å²) >= 11 is 1.53. The van der Waals surface area contributed by atoms with E-state index in [1.807, 2.05) is 49.6 Å². The number of hydrogen-bond acceptors (Lipinski definition) is 3.